The Morgan fingerprint density at radius 1 is 1.08 bits per heavy atom. The molecule has 1 saturated carbocycles. The van der Waals surface area contributed by atoms with Crippen LogP contribution in [0.2, 0.25) is 0 Å². The van der Waals surface area contributed by atoms with Gasteiger partial charge in [0.2, 0.25) is 12.2 Å². The molecule has 1 aliphatic rings. The molecule has 0 heterocycles. The lowest BCUT2D eigenvalue weighted by Crippen LogP contribution is -2.12. The first-order valence-corrected chi connectivity index (χ1v) is 4.02. The fourth-order valence-corrected chi connectivity index (χ4v) is 1.60. The molecule has 0 N–H and O–H groups in total. The Kier molecular flexibility index (Phi) is 3.39. The third-order valence-corrected chi connectivity index (χ3v) is 2.19. The molecular weight excluding hydrogens is 156 g/mol. The van der Waals surface area contributed by atoms with Crippen LogP contribution in [0, 0.1) is 5.92 Å². The molecule has 0 aromatic carbocycles. The SMILES string of the molecule is O=C=NC(N=C=O)C1CCCC1. The van der Waals surface area contributed by atoms with Crippen LogP contribution in [0.15, 0.2) is 9.98 Å². The zero-order valence-corrected chi connectivity index (χ0v) is 6.69. The van der Waals surface area contributed by atoms with Crippen molar-refractivity contribution < 1.29 is 9.59 Å². The Hall–Kier alpha value is -1.24. The molecule has 0 spiro atoms. The standard InChI is InChI=1S/C8H10N2O2/c11-5-9-8(10-6-12)7-3-1-2-4-7/h7-8H,1-4H2. The summed E-state index contributed by atoms with van der Waals surface area (Å²) in [5.74, 6) is 0.243. The van der Waals surface area contributed by atoms with Gasteiger partial charge >= 0.3 is 0 Å². The molecule has 1 fully saturated rings. The molecule has 0 unspecified atom stereocenters. The molecule has 1 aliphatic carbocycles. The van der Waals surface area contributed by atoms with Crippen molar-refractivity contribution in [3.8, 4) is 0 Å². The molecule has 0 saturated heterocycles. The van der Waals surface area contributed by atoms with E-state index >= 15 is 0 Å². The van der Waals surface area contributed by atoms with Crippen LogP contribution in [0.25, 0.3) is 0 Å². The second-order valence-electron chi connectivity index (χ2n) is 2.90. The molecule has 12 heavy (non-hydrogen) atoms. The van der Waals surface area contributed by atoms with Crippen LogP contribution in [0.4, 0.5) is 0 Å². The minimum absolute atomic E-state index is 0.243. The summed E-state index contributed by atoms with van der Waals surface area (Å²) in [5, 5.41) is 0. The Morgan fingerprint density at radius 2 is 1.58 bits per heavy atom. The second kappa shape index (κ2) is 4.60. The van der Waals surface area contributed by atoms with E-state index in [1.54, 1.807) is 0 Å². The van der Waals surface area contributed by atoms with E-state index in [4.69, 9.17) is 0 Å². The monoisotopic (exact) mass is 166 g/mol. The van der Waals surface area contributed by atoms with Gasteiger partial charge in [-0.3, -0.25) is 0 Å². The lowest BCUT2D eigenvalue weighted by Gasteiger charge is -2.09. The van der Waals surface area contributed by atoms with Gasteiger partial charge < -0.3 is 0 Å². The minimum atomic E-state index is -0.525. The van der Waals surface area contributed by atoms with Gasteiger partial charge in [-0.05, 0) is 12.8 Å². The quantitative estimate of drug-likeness (QED) is 0.466. The number of hydrogen-bond donors (Lipinski definition) is 0. The highest BCUT2D eigenvalue weighted by molar-refractivity contribution is 5.37. The molecule has 64 valence electrons. The van der Waals surface area contributed by atoms with Gasteiger partial charge in [0.15, 0.2) is 6.17 Å². The van der Waals surface area contributed by atoms with Crippen molar-refractivity contribution in [2.24, 2.45) is 15.9 Å². The van der Waals surface area contributed by atoms with Gasteiger partial charge in [0.1, 0.15) is 0 Å². The number of aliphatic imine (C=N–C) groups is 2. The van der Waals surface area contributed by atoms with E-state index in [2.05, 4.69) is 9.98 Å². The largest absolute Gasteiger partial charge is 0.237 e. The third kappa shape index (κ3) is 2.12. The van der Waals surface area contributed by atoms with Crippen molar-refractivity contribution in [2.75, 3.05) is 0 Å². The number of carbonyl (C=O) groups excluding carboxylic acids is 2. The van der Waals surface area contributed by atoms with Gasteiger partial charge in [0.25, 0.3) is 0 Å². The first kappa shape index (κ1) is 8.85. The molecule has 0 aromatic heterocycles. The summed E-state index contributed by atoms with van der Waals surface area (Å²) in [5.41, 5.74) is 0. The van der Waals surface area contributed by atoms with E-state index in [1.807, 2.05) is 0 Å². The highest BCUT2D eigenvalue weighted by Gasteiger charge is 2.24. The topological polar surface area (TPSA) is 58.9 Å². The molecule has 0 aliphatic heterocycles. The number of isocyanates is 2. The number of rotatable bonds is 3. The molecule has 0 bridgehead atoms. The zero-order valence-electron chi connectivity index (χ0n) is 6.69. The lowest BCUT2D eigenvalue weighted by atomic mass is 10.1. The normalized spacial score (nSPS) is 19.3. The van der Waals surface area contributed by atoms with Crippen LogP contribution >= 0.6 is 0 Å². The van der Waals surface area contributed by atoms with Crippen molar-refractivity contribution in [1.29, 1.82) is 0 Å². The fraction of sp³-hybridized carbons (Fsp3) is 0.750. The van der Waals surface area contributed by atoms with Gasteiger partial charge in [-0.25, -0.2) is 9.59 Å². The number of nitrogens with zero attached hydrogens (tertiary/aromatic N) is 2. The molecule has 0 aromatic rings. The fourth-order valence-electron chi connectivity index (χ4n) is 1.60. The van der Waals surface area contributed by atoms with Crippen molar-refractivity contribution >= 4 is 12.2 Å². The first-order valence-electron chi connectivity index (χ1n) is 4.02. The third-order valence-electron chi connectivity index (χ3n) is 2.19. The maximum absolute atomic E-state index is 9.97. The summed E-state index contributed by atoms with van der Waals surface area (Å²) in [6.07, 6.45) is 6.57. The van der Waals surface area contributed by atoms with Crippen LogP contribution in [-0.4, -0.2) is 18.3 Å². The summed E-state index contributed by atoms with van der Waals surface area (Å²) in [4.78, 5) is 26.9. The highest BCUT2D eigenvalue weighted by Crippen LogP contribution is 2.29. The average Bonchev–Trinajstić information content (AvgIpc) is 2.56. The van der Waals surface area contributed by atoms with Crippen LogP contribution in [0.5, 0.6) is 0 Å². The van der Waals surface area contributed by atoms with Gasteiger partial charge in [-0.15, -0.1) is 0 Å². The molecular formula is C8H10N2O2. The summed E-state index contributed by atoms with van der Waals surface area (Å²) < 4.78 is 0. The Balaban J connectivity index is 2.63. The predicted octanol–water partition coefficient (Wildman–Crippen LogP) is 1.17. The smallest absolute Gasteiger partial charge is 0.211 e. The van der Waals surface area contributed by atoms with Crippen molar-refractivity contribution in [1.82, 2.24) is 0 Å². The molecule has 0 atom stereocenters. The zero-order chi connectivity index (χ0) is 8.81. The van der Waals surface area contributed by atoms with E-state index in [0.717, 1.165) is 25.7 Å². The average molecular weight is 166 g/mol. The van der Waals surface area contributed by atoms with E-state index in [-0.39, 0.29) is 5.92 Å². The Labute approximate surface area is 70.4 Å². The Bertz CT molecular complexity index is 215. The molecule has 1 rings (SSSR count). The van der Waals surface area contributed by atoms with Crippen LogP contribution < -0.4 is 0 Å². The van der Waals surface area contributed by atoms with E-state index in [9.17, 15) is 9.59 Å². The summed E-state index contributed by atoms with van der Waals surface area (Å²) >= 11 is 0. The van der Waals surface area contributed by atoms with Crippen LogP contribution in [0.3, 0.4) is 0 Å². The predicted molar refractivity (Wildman–Crippen MR) is 42.0 cm³/mol. The molecule has 0 radical (unpaired) electrons. The summed E-state index contributed by atoms with van der Waals surface area (Å²) in [7, 11) is 0. The summed E-state index contributed by atoms with van der Waals surface area (Å²) in [6.45, 7) is 0. The van der Waals surface area contributed by atoms with Crippen LogP contribution in [0.1, 0.15) is 25.7 Å². The molecule has 0 amide bonds. The maximum atomic E-state index is 9.97. The highest BCUT2D eigenvalue weighted by atomic mass is 16.1. The second-order valence-corrected chi connectivity index (χ2v) is 2.90. The molecule has 4 heteroatoms. The number of hydrogen-bond acceptors (Lipinski definition) is 4. The van der Waals surface area contributed by atoms with Crippen molar-refractivity contribution in [3.05, 3.63) is 0 Å². The Morgan fingerprint density at radius 3 is 2.00 bits per heavy atom. The van der Waals surface area contributed by atoms with Crippen molar-refractivity contribution in [2.45, 2.75) is 31.8 Å². The van der Waals surface area contributed by atoms with E-state index in [1.165, 1.54) is 12.2 Å². The molecule has 4 nitrogen and oxygen atoms in total. The van der Waals surface area contributed by atoms with Gasteiger partial charge in [-0.2, -0.15) is 9.98 Å². The lowest BCUT2D eigenvalue weighted by molar-refractivity contribution is 0.438. The van der Waals surface area contributed by atoms with E-state index in [0.29, 0.717) is 0 Å². The summed E-state index contributed by atoms with van der Waals surface area (Å²) in [6, 6.07) is 0. The van der Waals surface area contributed by atoms with Gasteiger partial charge in [-0.1, -0.05) is 12.8 Å². The van der Waals surface area contributed by atoms with E-state index < -0.39 is 6.17 Å². The van der Waals surface area contributed by atoms with Crippen LogP contribution in [-0.2, 0) is 9.59 Å². The van der Waals surface area contributed by atoms with Crippen molar-refractivity contribution in [3.63, 3.8) is 0 Å². The maximum Gasteiger partial charge on any atom is 0.237 e. The minimum Gasteiger partial charge on any atom is -0.211 e. The van der Waals surface area contributed by atoms with Gasteiger partial charge in [0.05, 0.1) is 0 Å². The van der Waals surface area contributed by atoms with Gasteiger partial charge in [0, 0.05) is 5.92 Å². The first-order chi connectivity index (χ1) is 5.88.